The van der Waals surface area contributed by atoms with Crippen LogP contribution in [0, 0.1) is 12.3 Å². The number of amides is 1. The molecule has 0 aliphatic heterocycles. The fourth-order valence-electron chi connectivity index (χ4n) is 1.30. The van der Waals surface area contributed by atoms with Crippen molar-refractivity contribution in [3.8, 4) is 12.3 Å². The van der Waals surface area contributed by atoms with Gasteiger partial charge in [-0.25, -0.2) is 9.78 Å². The first-order valence-electron chi connectivity index (χ1n) is 5.50. The first kappa shape index (κ1) is 13.6. The standard InChI is InChI=1S/C11H16N4OS/c1-4-7-14(8-5-2)11(16)15-9-12-10(13-15)17-6-3/h1,9H,5-8H2,2-3H3. The summed E-state index contributed by atoms with van der Waals surface area (Å²) in [6, 6.07) is -0.222. The highest BCUT2D eigenvalue weighted by atomic mass is 32.2. The van der Waals surface area contributed by atoms with Crippen molar-refractivity contribution in [1.82, 2.24) is 19.7 Å². The summed E-state index contributed by atoms with van der Waals surface area (Å²) in [7, 11) is 0. The monoisotopic (exact) mass is 252 g/mol. The van der Waals surface area contributed by atoms with Crippen molar-refractivity contribution in [3.63, 3.8) is 0 Å². The van der Waals surface area contributed by atoms with Gasteiger partial charge in [0.15, 0.2) is 0 Å². The molecule has 17 heavy (non-hydrogen) atoms. The molecule has 0 radical (unpaired) electrons. The van der Waals surface area contributed by atoms with Gasteiger partial charge in [-0.3, -0.25) is 0 Å². The SMILES string of the molecule is C#CCN(CCC)C(=O)n1cnc(SCC)n1. The summed E-state index contributed by atoms with van der Waals surface area (Å²) in [6.07, 6.45) is 7.53. The molecule has 92 valence electrons. The number of thioether (sulfide) groups is 1. The molecule has 0 atom stereocenters. The molecular formula is C11H16N4OS. The van der Waals surface area contributed by atoms with Crippen molar-refractivity contribution in [3.05, 3.63) is 6.33 Å². The molecule has 0 N–H and O–H groups in total. The second-order valence-corrected chi connectivity index (χ2v) is 4.54. The van der Waals surface area contributed by atoms with Crippen LogP contribution in [-0.2, 0) is 0 Å². The third-order valence-electron chi connectivity index (χ3n) is 1.99. The molecule has 1 heterocycles. The normalized spacial score (nSPS) is 9.94. The zero-order valence-electron chi connectivity index (χ0n) is 10.1. The van der Waals surface area contributed by atoms with E-state index in [1.807, 2.05) is 13.8 Å². The average Bonchev–Trinajstić information content (AvgIpc) is 2.77. The van der Waals surface area contributed by atoms with Crippen LogP contribution in [0.2, 0.25) is 0 Å². The van der Waals surface area contributed by atoms with Crippen LogP contribution in [-0.4, -0.2) is 44.5 Å². The van der Waals surface area contributed by atoms with Crippen LogP contribution < -0.4 is 0 Å². The third kappa shape index (κ3) is 3.79. The van der Waals surface area contributed by atoms with Crippen molar-refractivity contribution >= 4 is 17.8 Å². The summed E-state index contributed by atoms with van der Waals surface area (Å²) in [4.78, 5) is 17.6. The lowest BCUT2D eigenvalue weighted by molar-refractivity contribution is 0.202. The summed E-state index contributed by atoms with van der Waals surface area (Å²) in [5.41, 5.74) is 0. The molecule has 0 saturated carbocycles. The highest BCUT2D eigenvalue weighted by Crippen LogP contribution is 2.10. The van der Waals surface area contributed by atoms with E-state index in [9.17, 15) is 4.79 Å². The number of carbonyl (C=O) groups excluding carboxylic acids is 1. The number of carbonyl (C=O) groups is 1. The molecule has 1 aromatic heterocycles. The van der Waals surface area contributed by atoms with Crippen molar-refractivity contribution in [1.29, 1.82) is 0 Å². The maximum Gasteiger partial charge on any atom is 0.346 e. The molecule has 1 rings (SSSR count). The Kier molecular flexibility index (Phi) is 5.57. The molecule has 5 nitrogen and oxygen atoms in total. The summed E-state index contributed by atoms with van der Waals surface area (Å²) in [6.45, 7) is 4.92. The molecule has 0 unspecified atom stereocenters. The zero-order chi connectivity index (χ0) is 12.7. The molecule has 6 heteroatoms. The lowest BCUT2D eigenvalue weighted by Gasteiger charge is -2.18. The van der Waals surface area contributed by atoms with Crippen LogP contribution in [0.5, 0.6) is 0 Å². The Morgan fingerprint density at radius 3 is 3.00 bits per heavy atom. The van der Waals surface area contributed by atoms with E-state index in [0.717, 1.165) is 12.2 Å². The predicted octanol–water partition coefficient (Wildman–Crippen LogP) is 1.70. The summed E-state index contributed by atoms with van der Waals surface area (Å²) < 4.78 is 1.24. The van der Waals surface area contributed by atoms with Crippen molar-refractivity contribution in [2.24, 2.45) is 0 Å². The van der Waals surface area contributed by atoms with E-state index in [1.165, 1.54) is 22.8 Å². The average molecular weight is 252 g/mol. The van der Waals surface area contributed by atoms with Gasteiger partial charge in [0.05, 0.1) is 6.54 Å². The second-order valence-electron chi connectivity index (χ2n) is 3.31. The van der Waals surface area contributed by atoms with Gasteiger partial charge in [-0.2, -0.15) is 4.68 Å². The summed E-state index contributed by atoms with van der Waals surface area (Å²) >= 11 is 1.50. The molecule has 1 aromatic rings. The molecule has 0 spiro atoms. The van der Waals surface area contributed by atoms with Crippen LogP contribution in [0.3, 0.4) is 0 Å². The maximum absolute atomic E-state index is 12.0. The van der Waals surface area contributed by atoms with E-state index >= 15 is 0 Å². The van der Waals surface area contributed by atoms with Crippen molar-refractivity contribution < 1.29 is 4.79 Å². The number of terminal acetylenes is 1. The minimum atomic E-state index is -0.222. The minimum Gasteiger partial charge on any atom is -0.312 e. The van der Waals surface area contributed by atoms with Crippen LogP contribution in [0.25, 0.3) is 0 Å². The molecule has 0 aliphatic carbocycles. The predicted molar refractivity (Wildman–Crippen MR) is 67.9 cm³/mol. The van der Waals surface area contributed by atoms with Crippen LogP contribution in [0.1, 0.15) is 20.3 Å². The van der Waals surface area contributed by atoms with Gasteiger partial charge in [0, 0.05) is 6.54 Å². The van der Waals surface area contributed by atoms with E-state index in [0.29, 0.717) is 18.2 Å². The first-order chi connectivity index (χ1) is 8.22. The van der Waals surface area contributed by atoms with Gasteiger partial charge in [0.2, 0.25) is 5.16 Å². The van der Waals surface area contributed by atoms with Gasteiger partial charge >= 0.3 is 6.03 Å². The Balaban J connectivity index is 2.74. The van der Waals surface area contributed by atoms with Gasteiger partial charge in [0.1, 0.15) is 6.33 Å². The molecule has 0 saturated heterocycles. The van der Waals surface area contributed by atoms with E-state index in [1.54, 1.807) is 4.90 Å². The lowest BCUT2D eigenvalue weighted by Crippen LogP contribution is -2.36. The Morgan fingerprint density at radius 1 is 1.65 bits per heavy atom. The zero-order valence-corrected chi connectivity index (χ0v) is 10.9. The lowest BCUT2D eigenvalue weighted by atomic mass is 10.4. The quantitative estimate of drug-likeness (QED) is 0.591. The smallest absolute Gasteiger partial charge is 0.312 e. The minimum absolute atomic E-state index is 0.222. The summed E-state index contributed by atoms with van der Waals surface area (Å²) in [5.74, 6) is 3.35. The number of hydrogen-bond donors (Lipinski definition) is 0. The number of rotatable bonds is 5. The summed E-state index contributed by atoms with van der Waals surface area (Å²) in [5, 5.41) is 4.70. The fraction of sp³-hybridized carbons (Fsp3) is 0.545. The fourth-order valence-corrected chi connectivity index (χ4v) is 1.83. The number of nitrogens with zero attached hydrogens (tertiary/aromatic N) is 4. The molecule has 0 bridgehead atoms. The Morgan fingerprint density at radius 2 is 2.41 bits per heavy atom. The number of hydrogen-bond acceptors (Lipinski definition) is 4. The highest BCUT2D eigenvalue weighted by Gasteiger charge is 2.15. The van der Waals surface area contributed by atoms with Crippen molar-refractivity contribution in [2.45, 2.75) is 25.4 Å². The van der Waals surface area contributed by atoms with Gasteiger partial charge < -0.3 is 4.90 Å². The van der Waals surface area contributed by atoms with Crippen LogP contribution >= 0.6 is 11.8 Å². The van der Waals surface area contributed by atoms with Crippen LogP contribution in [0.15, 0.2) is 11.5 Å². The molecular weight excluding hydrogens is 236 g/mol. The molecule has 0 aromatic carbocycles. The number of aromatic nitrogens is 3. The Bertz CT molecular complexity index is 410. The van der Waals surface area contributed by atoms with Crippen molar-refractivity contribution in [2.75, 3.05) is 18.8 Å². The highest BCUT2D eigenvalue weighted by molar-refractivity contribution is 7.99. The maximum atomic E-state index is 12.0. The van der Waals surface area contributed by atoms with Crippen LogP contribution in [0.4, 0.5) is 4.79 Å². The first-order valence-corrected chi connectivity index (χ1v) is 6.48. The van der Waals surface area contributed by atoms with Gasteiger partial charge in [0.25, 0.3) is 0 Å². The Hall–Kier alpha value is -1.48. The van der Waals surface area contributed by atoms with Gasteiger partial charge in [-0.15, -0.1) is 11.5 Å². The molecule has 0 aliphatic rings. The largest absolute Gasteiger partial charge is 0.346 e. The Labute approximate surface area is 106 Å². The van der Waals surface area contributed by atoms with Gasteiger partial charge in [-0.1, -0.05) is 31.5 Å². The molecule has 0 fully saturated rings. The van der Waals surface area contributed by atoms with E-state index in [4.69, 9.17) is 6.42 Å². The topological polar surface area (TPSA) is 51.0 Å². The van der Waals surface area contributed by atoms with E-state index in [-0.39, 0.29) is 6.03 Å². The molecule has 1 amide bonds. The van der Waals surface area contributed by atoms with E-state index < -0.39 is 0 Å². The van der Waals surface area contributed by atoms with Gasteiger partial charge in [-0.05, 0) is 12.2 Å². The second kappa shape index (κ2) is 6.97. The van der Waals surface area contributed by atoms with E-state index in [2.05, 4.69) is 16.0 Å². The third-order valence-corrected chi connectivity index (χ3v) is 2.72.